The number of ether oxygens (including phenoxy) is 2. The van der Waals surface area contributed by atoms with Crippen LogP contribution in [0.25, 0.3) is 0 Å². The smallest absolute Gasteiger partial charge is 0.241 e. The molecule has 0 saturated heterocycles. The van der Waals surface area contributed by atoms with E-state index in [1.54, 1.807) is 18.2 Å². The molecule has 1 amide bonds. The van der Waals surface area contributed by atoms with Crippen molar-refractivity contribution in [2.45, 2.75) is 13.5 Å². The first-order chi connectivity index (χ1) is 12.8. The molecule has 0 aromatic heterocycles. The van der Waals surface area contributed by atoms with Gasteiger partial charge in [0.25, 0.3) is 0 Å². The Morgan fingerprint density at radius 2 is 1.85 bits per heavy atom. The van der Waals surface area contributed by atoms with E-state index in [-0.39, 0.29) is 6.54 Å². The molecule has 2 aromatic rings. The monoisotopic (exact) mass is 390 g/mol. The van der Waals surface area contributed by atoms with Crippen LogP contribution in [0.15, 0.2) is 42.5 Å². The number of anilines is 1. The van der Waals surface area contributed by atoms with Crippen molar-refractivity contribution >= 4 is 21.6 Å². The van der Waals surface area contributed by atoms with Crippen molar-refractivity contribution in [3.8, 4) is 11.5 Å². The molecular formula is C19H22N2O5S. The lowest BCUT2D eigenvalue weighted by atomic mass is 10.1. The van der Waals surface area contributed by atoms with Gasteiger partial charge in [-0.1, -0.05) is 29.8 Å². The van der Waals surface area contributed by atoms with E-state index in [2.05, 4.69) is 5.32 Å². The normalized spacial score (nSPS) is 13.1. The van der Waals surface area contributed by atoms with E-state index in [1.165, 1.54) is 0 Å². The zero-order chi connectivity index (χ0) is 19.4. The summed E-state index contributed by atoms with van der Waals surface area (Å²) in [5.74, 6) is 0.631. The number of rotatable bonds is 6. The number of benzene rings is 2. The molecule has 0 atom stereocenters. The fourth-order valence-electron chi connectivity index (χ4n) is 2.80. The molecule has 8 heteroatoms. The molecule has 0 radical (unpaired) electrons. The molecule has 1 heterocycles. The molecule has 0 bridgehead atoms. The van der Waals surface area contributed by atoms with Gasteiger partial charge in [0.1, 0.15) is 19.8 Å². The maximum absolute atomic E-state index is 12.3. The van der Waals surface area contributed by atoms with Crippen LogP contribution in [0.4, 0.5) is 5.69 Å². The Bertz CT molecular complexity index is 943. The van der Waals surface area contributed by atoms with Gasteiger partial charge in [0.2, 0.25) is 15.9 Å². The van der Waals surface area contributed by atoms with Crippen LogP contribution in [0.3, 0.4) is 0 Å². The molecule has 1 N–H and O–H groups in total. The highest BCUT2D eigenvalue weighted by Crippen LogP contribution is 2.34. The molecule has 7 nitrogen and oxygen atoms in total. The predicted molar refractivity (Wildman–Crippen MR) is 103 cm³/mol. The maximum Gasteiger partial charge on any atom is 0.241 e. The van der Waals surface area contributed by atoms with Crippen molar-refractivity contribution in [1.82, 2.24) is 5.32 Å². The van der Waals surface area contributed by atoms with Crippen LogP contribution in [0.2, 0.25) is 0 Å². The Balaban J connectivity index is 1.73. The zero-order valence-electron chi connectivity index (χ0n) is 15.3. The second kappa shape index (κ2) is 7.87. The zero-order valence-corrected chi connectivity index (χ0v) is 16.1. The van der Waals surface area contributed by atoms with Gasteiger partial charge in [-0.05, 0) is 24.6 Å². The third-order valence-corrected chi connectivity index (χ3v) is 5.21. The molecule has 1 aliphatic heterocycles. The number of sulfonamides is 1. The van der Waals surface area contributed by atoms with E-state index in [4.69, 9.17) is 9.47 Å². The number of carbonyl (C=O) groups is 1. The number of carbonyl (C=O) groups excluding carboxylic acids is 1. The SMILES string of the molecule is Cc1cccc(CNC(=O)CN(c2ccc3c(c2)OCCO3)S(C)(=O)=O)c1. The summed E-state index contributed by atoms with van der Waals surface area (Å²) in [6.07, 6.45) is 1.07. The Labute approximate surface area is 158 Å². The number of nitrogens with zero attached hydrogens (tertiary/aromatic N) is 1. The Hall–Kier alpha value is -2.74. The van der Waals surface area contributed by atoms with Gasteiger partial charge >= 0.3 is 0 Å². The van der Waals surface area contributed by atoms with Crippen LogP contribution in [0.1, 0.15) is 11.1 Å². The average molecular weight is 390 g/mol. The summed E-state index contributed by atoms with van der Waals surface area (Å²) < 4.78 is 36.5. The first-order valence-electron chi connectivity index (χ1n) is 8.52. The van der Waals surface area contributed by atoms with Gasteiger partial charge in [-0.3, -0.25) is 9.10 Å². The summed E-state index contributed by atoms with van der Waals surface area (Å²) in [6, 6.07) is 12.6. The van der Waals surface area contributed by atoms with Gasteiger partial charge in [0.05, 0.1) is 11.9 Å². The van der Waals surface area contributed by atoms with E-state index < -0.39 is 15.9 Å². The topological polar surface area (TPSA) is 84.9 Å². The number of aryl methyl sites for hydroxylation is 1. The number of hydrogen-bond donors (Lipinski definition) is 1. The van der Waals surface area contributed by atoms with Crippen LogP contribution in [0, 0.1) is 6.92 Å². The van der Waals surface area contributed by atoms with Crippen LogP contribution in [-0.2, 0) is 21.4 Å². The molecule has 0 unspecified atom stereocenters. The van der Waals surface area contributed by atoms with Gasteiger partial charge in [-0.15, -0.1) is 0 Å². The molecule has 2 aromatic carbocycles. The highest BCUT2D eigenvalue weighted by atomic mass is 32.2. The molecule has 144 valence electrons. The van der Waals surface area contributed by atoms with Crippen molar-refractivity contribution in [2.75, 3.05) is 30.3 Å². The first-order valence-corrected chi connectivity index (χ1v) is 10.4. The summed E-state index contributed by atoms with van der Waals surface area (Å²) in [5.41, 5.74) is 2.40. The highest BCUT2D eigenvalue weighted by Gasteiger charge is 2.23. The van der Waals surface area contributed by atoms with Crippen molar-refractivity contribution in [2.24, 2.45) is 0 Å². The van der Waals surface area contributed by atoms with Gasteiger partial charge in [-0.2, -0.15) is 0 Å². The van der Waals surface area contributed by atoms with E-state index in [9.17, 15) is 13.2 Å². The third kappa shape index (κ3) is 4.91. The summed E-state index contributed by atoms with van der Waals surface area (Å²) in [6.45, 7) is 2.83. The second-order valence-electron chi connectivity index (χ2n) is 6.36. The minimum Gasteiger partial charge on any atom is -0.486 e. The number of fused-ring (bicyclic) bond motifs is 1. The van der Waals surface area contributed by atoms with Crippen molar-refractivity contribution < 1.29 is 22.7 Å². The van der Waals surface area contributed by atoms with E-state index in [0.717, 1.165) is 21.7 Å². The minimum atomic E-state index is -3.65. The van der Waals surface area contributed by atoms with Crippen molar-refractivity contribution in [1.29, 1.82) is 0 Å². The molecule has 27 heavy (non-hydrogen) atoms. The minimum absolute atomic E-state index is 0.315. The number of amides is 1. The largest absolute Gasteiger partial charge is 0.486 e. The average Bonchev–Trinajstić information content (AvgIpc) is 2.63. The molecule has 0 spiro atoms. The van der Waals surface area contributed by atoms with Crippen LogP contribution < -0.4 is 19.1 Å². The lowest BCUT2D eigenvalue weighted by Gasteiger charge is -2.24. The van der Waals surface area contributed by atoms with E-state index >= 15 is 0 Å². The standard InChI is InChI=1S/C19H22N2O5S/c1-14-4-3-5-15(10-14)12-20-19(22)13-21(27(2,23)24)16-6-7-17-18(11-16)26-9-8-25-17/h3-7,10-11H,8-9,12-13H2,1-2H3,(H,20,22). The van der Waals surface area contributed by atoms with Crippen LogP contribution in [0.5, 0.6) is 11.5 Å². The molecule has 0 aliphatic carbocycles. The molecule has 0 saturated carbocycles. The van der Waals surface area contributed by atoms with Gasteiger partial charge < -0.3 is 14.8 Å². The predicted octanol–water partition coefficient (Wildman–Crippen LogP) is 1.85. The van der Waals surface area contributed by atoms with Crippen molar-refractivity contribution in [3.63, 3.8) is 0 Å². The van der Waals surface area contributed by atoms with Gasteiger partial charge in [-0.25, -0.2) is 8.42 Å². The van der Waals surface area contributed by atoms with Gasteiger partial charge in [0, 0.05) is 12.6 Å². The Morgan fingerprint density at radius 3 is 2.56 bits per heavy atom. The van der Waals surface area contributed by atoms with E-state index in [0.29, 0.717) is 36.9 Å². The Morgan fingerprint density at radius 1 is 1.11 bits per heavy atom. The molecule has 0 fully saturated rings. The quantitative estimate of drug-likeness (QED) is 0.814. The van der Waals surface area contributed by atoms with Crippen LogP contribution >= 0.6 is 0 Å². The Kier molecular flexibility index (Phi) is 5.55. The van der Waals surface area contributed by atoms with E-state index in [1.807, 2.05) is 31.2 Å². The highest BCUT2D eigenvalue weighted by molar-refractivity contribution is 7.92. The summed E-state index contributed by atoms with van der Waals surface area (Å²) in [4.78, 5) is 12.3. The van der Waals surface area contributed by atoms with Crippen LogP contribution in [-0.4, -0.2) is 40.3 Å². The molecule has 1 aliphatic rings. The third-order valence-electron chi connectivity index (χ3n) is 4.07. The number of nitrogens with one attached hydrogen (secondary N) is 1. The lowest BCUT2D eigenvalue weighted by Crippen LogP contribution is -2.40. The second-order valence-corrected chi connectivity index (χ2v) is 8.27. The maximum atomic E-state index is 12.3. The summed E-state index contributed by atoms with van der Waals surface area (Å²) in [5, 5.41) is 2.76. The number of hydrogen-bond acceptors (Lipinski definition) is 5. The van der Waals surface area contributed by atoms with Gasteiger partial charge in [0.15, 0.2) is 11.5 Å². The first kappa shape index (κ1) is 19.0. The molecule has 3 rings (SSSR count). The molecular weight excluding hydrogens is 368 g/mol. The summed E-state index contributed by atoms with van der Waals surface area (Å²) >= 11 is 0. The fourth-order valence-corrected chi connectivity index (χ4v) is 3.64. The fraction of sp³-hybridized carbons (Fsp3) is 0.316. The van der Waals surface area contributed by atoms with Crippen molar-refractivity contribution in [3.05, 3.63) is 53.6 Å². The summed E-state index contributed by atoms with van der Waals surface area (Å²) in [7, 11) is -3.65. The lowest BCUT2D eigenvalue weighted by molar-refractivity contribution is -0.119.